The van der Waals surface area contributed by atoms with Gasteiger partial charge in [0.2, 0.25) is 0 Å². The Morgan fingerprint density at radius 3 is 2.68 bits per heavy atom. The molecule has 0 saturated carbocycles. The molecule has 124 valence electrons. The highest BCUT2D eigenvalue weighted by molar-refractivity contribution is 5.40. The molecule has 1 saturated heterocycles. The smallest absolute Gasteiger partial charge is 0.396 e. The number of piperidine rings is 1. The van der Waals surface area contributed by atoms with Crippen LogP contribution in [0.5, 0.6) is 0 Å². The standard InChI is InChI=1S/C14H21F3N4O/c1-20(2)7-13(9-22)4-3-5-21(8-13)12-6-11(14(15,16)17)18-10-19-12/h6,10,22H,3-5,7-9H2,1-2H3. The summed E-state index contributed by atoms with van der Waals surface area (Å²) < 4.78 is 38.3. The van der Waals surface area contributed by atoms with Gasteiger partial charge in [-0.2, -0.15) is 13.2 Å². The quantitative estimate of drug-likeness (QED) is 0.914. The summed E-state index contributed by atoms with van der Waals surface area (Å²) in [5.74, 6) is 0.263. The normalized spacial score (nSPS) is 23.1. The van der Waals surface area contributed by atoms with E-state index in [2.05, 4.69) is 9.97 Å². The maximum atomic E-state index is 12.8. The number of rotatable bonds is 4. The topological polar surface area (TPSA) is 52.5 Å². The third kappa shape index (κ3) is 3.86. The monoisotopic (exact) mass is 318 g/mol. The average molecular weight is 318 g/mol. The molecule has 1 unspecified atom stereocenters. The van der Waals surface area contributed by atoms with E-state index in [-0.39, 0.29) is 17.8 Å². The summed E-state index contributed by atoms with van der Waals surface area (Å²) in [6.07, 6.45) is -1.89. The van der Waals surface area contributed by atoms with Crippen molar-refractivity contribution in [2.24, 2.45) is 5.41 Å². The highest BCUT2D eigenvalue weighted by atomic mass is 19.4. The van der Waals surface area contributed by atoms with Gasteiger partial charge in [0.15, 0.2) is 0 Å². The van der Waals surface area contributed by atoms with Crippen molar-refractivity contribution in [3.05, 3.63) is 18.1 Å². The van der Waals surface area contributed by atoms with Crippen LogP contribution in [0.3, 0.4) is 0 Å². The first-order valence-electron chi connectivity index (χ1n) is 7.16. The molecule has 22 heavy (non-hydrogen) atoms. The minimum Gasteiger partial charge on any atom is -0.396 e. The maximum absolute atomic E-state index is 12.8. The van der Waals surface area contributed by atoms with Gasteiger partial charge in [-0.1, -0.05) is 0 Å². The van der Waals surface area contributed by atoms with E-state index in [1.807, 2.05) is 19.0 Å². The first kappa shape index (κ1) is 17.0. The predicted octanol–water partition coefficient (Wildman–Crippen LogP) is 1.64. The zero-order chi connectivity index (χ0) is 16.4. The maximum Gasteiger partial charge on any atom is 0.433 e. The molecule has 0 aliphatic carbocycles. The molecule has 1 aliphatic heterocycles. The van der Waals surface area contributed by atoms with Gasteiger partial charge in [0.1, 0.15) is 17.8 Å². The number of hydrogen-bond acceptors (Lipinski definition) is 5. The second-order valence-electron chi connectivity index (χ2n) is 6.18. The van der Waals surface area contributed by atoms with E-state index < -0.39 is 11.9 Å². The third-order valence-electron chi connectivity index (χ3n) is 3.92. The van der Waals surface area contributed by atoms with Gasteiger partial charge >= 0.3 is 6.18 Å². The van der Waals surface area contributed by atoms with Gasteiger partial charge < -0.3 is 14.9 Å². The molecule has 1 fully saturated rings. The van der Waals surface area contributed by atoms with Crippen LogP contribution >= 0.6 is 0 Å². The zero-order valence-corrected chi connectivity index (χ0v) is 12.8. The summed E-state index contributed by atoms with van der Waals surface area (Å²) in [5, 5.41) is 9.77. The molecule has 1 aromatic rings. The minimum absolute atomic E-state index is 0.00110. The molecule has 1 atom stereocenters. The number of hydrogen-bond donors (Lipinski definition) is 1. The van der Waals surface area contributed by atoms with Crippen LogP contribution in [0, 0.1) is 5.41 Å². The number of nitrogens with zero attached hydrogens (tertiary/aromatic N) is 4. The highest BCUT2D eigenvalue weighted by Gasteiger charge is 2.37. The van der Waals surface area contributed by atoms with Crippen LogP contribution in [0.1, 0.15) is 18.5 Å². The van der Waals surface area contributed by atoms with E-state index in [9.17, 15) is 18.3 Å². The van der Waals surface area contributed by atoms with Crippen molar-refractivity contribution >= 4 is 5.82 Å². The van der Waals surface area contributed by atoms with Crippen LogP contribution in [0.2, 0.25) is 0 Å². The van der Waals surface area contributed by atoms with E-state index >= 15 is 0 Å². The second kappa shape index (κ2) is 6.37. The van der Waals surface area contributed by atoms with Crippen LogP contribution < -0.4 is 4.90 Å². The lowest BCUT2D eigenvalue weighted by molar-refractivity contribution is -0.141. The summed E-state index contributed by atoms with van der Waals surface area (Å²) in [6.45, 7) is 1.79. The Bertz CT molecular complexity index is 509. The molecule has 2 rings (SSSR count). The molecular formula is C14H21F3N4O. The Labute approximate surface area is 127 Å². The number of aliphatic hydroxyl groups excluding tert-OH is 1. The van der Waals surface area contributed by atoms with Crippen LogP contribution in [-0.2, 0) is 6.18 Å². The van der Waals surface area contributed by atoms with Gasteiger partial charge in [-0.15, -0.1) is 0 Å². The molecule has 0 radical (unpaired) electrons. The lowest BCUT2D eigenvalue weighted by Crippen LogP contribution is -2.50. The van der Waals surface area contributed by atoms with Gasteiger partial charge in [0, 0.05) is 31.1 Å². The number of aromatic nitrogens is 2. The van der Waals surface area contributed by atoms with E-state index in [1.165, 1.54) is 0 Å². The summed E-state index contributed by atoms with van der Waals surface area (Å²) in [7, 11) is 3.84. The molecule has 0 spiro atoms. The van der Waals surface area contributed by atoms with Crippen molar-refractivity contribution in [2.75, 3.05) is 45.2 Å². The predicted molar refractivity (Wildman–Crippen MR) is 76.6 cm³/mol. The van der Waals surface area contributed by atoms with Crippen LogP contribution in [0.25, 0.3) is 0 Å². The Morgan fingerprint density at radius 1 is 1.36 bits per heavy atom. The van der Waals surface area contributed by atoms with Crippen LogP contribution in [0.4, 0.5) is 19.0 Å². The molecule has 0 bridgehead atoms. The van der Waals surface area contributed by atoms with E-state index in [4.69, 9.17) is 0 Å². The Hall–Kier alpha value is -1.41. The van der Waals surface area contributed by atoms with Crippen molar-refractivity contribution in [2.45, 2.75) is 19.0 Å². The molecule has 1 aromatic heterocycles. The van der Waals surface area contributed by atoms with Gasteiger partial charge in [0.25, 0.3) is 0 Å². The highest BCUT2D eigenvalue weighted by Crippen LogP contribution is 2.34. The zero-order valence-electron chi connectivity index (χ0n) is 12.8. The fourth-order valence-corrected chi connectivity index (χ4v) is 3.06. The average Bonchev–Trinajstić information content (AvgIpc) is 2.46. The van der Waals surface area contributed by atoms with Crippen molar-refractivity contribution in [3.8, 4) is 0 Å². The second-order valence-corrected chi connectivity index (χ2v) is 6.18. The van der Waals surface area contributed by atoms with E-state index in [0.29, 0.717) is 19.6 Å². The molecule has 1 aliphatic rings. The van der Waals surface area contributed by atoms with Gasteiger partial charge in [-0.05, 0) is 26.9 Å². The Morgan fingerprint density at radius 2 is 2.09 bits per heavy atom. The SMILES string of the molecule is CN(C)CC1(CO)CCCN(c2cc(C(F)(F)F)ncn2)C1. The number of aliphatic hydroxyl groups is 1. The molecule has 0 amide bonds. The van der Waals surface area contributed by atoms with Crippen molar-refractivity contribution in [1.82, 2.24) is 14.9 Å². The van der Waals surface area contributed by atoms with E-state index in [0.717, 1.165) is 25.2 Å². The van der Waals surface area contributed by atoms with Crippen molar-refractivity contribution in [3.63, 3.8) is 0 Å². The van der Waals surface area contributed by atoms with Crippen LogP contribution in [0.15, 0.2) is 12.4 Å². The molecule has 0 aromatic carbocycles. The largest absolute Gasteiger partial charge is 0.433 e. The Balaban J connectivity index is 2.22. The Kier molecular flexibility index (Phi) is 4.91. The number of anilines is 1. The fourth-order valence-electron chi connectivity index (χ4n) is 3.06. The van der Waals surface area contributed by atoms with Crippen LogP contribution in [-0.4, -0.2) is 60.3 Å². The minimum atomic E-state index is -4.48. The van der Waals surface area contributed by atoms with Crippen molar-refractivity contribution < 1.29 is 18.3 Å². The van der Waals surface area contributed by atoms with Crippen molar-refractivity contribution in [1.29, 1.82) is 0 Å². The molecule has 2 heterocycles. The lowest BCUT2D eigenvalue weighted by atomic mass is 9.80. The molecule has 8 heteroatoms. The van der Waals surface area contributed by atoms with Gasteiger partial charge in [-0.3, -0.25) is 0 Å². The third-order valence-corrected chi connectivity index (χ3v) is 3.92. The lowest BCUT2D eigenvalue weighted by Gasteiger charge is -2.43. The fraction of sp³-hybridized carbons (Fsp3) is 0.714. The van der Waals surface area contributed by atoms with Gasteiger partial charge in [-0.25, -0.2) is 9.97 Å². The first-order valence-corrected chi connectivity index (χ1v) is 7.16. The summed E-state index contributed by atoms with van der Waals surface area (Å²) in [6, 6.07) is 0.975. The molecular weight excluding hydrogens is 297 g/mol. The molecule has 5 nitrogen and oxygen atoms in total. The number of halogens is 3. The number of alkyl halides is 3. The van der Waals surface area contributed by atoms with Gasteiger partial charge in [0.05, 0.1) is 6.61 Å². The summed E-state index contributed by atoms with van der Waals surface area (Å²) in [5.41, 5.74) is -1.28. The molecule has 1 N–H and O–H groups in total. The first-order chi connectivity index (χ1) is 10.3. The van der Waals surface area contributed by atoms with E-state index in [1.54, 1.807) is 4.90 Å². The summed E-state index contributed by atoms with van der Waals surface area (Å²) in [4.78, 5) is 11.1. The summed E-state index contributed by atoms with van der Waals surface area (Å²) >= 11 is 0.